The molecule has 1 heterocycles. The van der Waals surface area contributed by atoms with E-state index in [0.29, 0.717) is 0 Å². The van der Waals surface area contributed by atoms with Crippen molar-refractivity contribution in [1.82, 2.24) is 4.57 Å². The summed E-state index contributed by atoms with van der Waals surface area (Å²) in [4.78, 5) is 11.6. The largest absolute Gasteiger partial charge is 0.467 e. The monoisotopic (exact) mass is 211 g/mol. The molecule has 0 aliphatic heterocycles. The molecule has 1 aromatic rings. The predicted molar refractivity (Wildman–Crippen MR) is 56.6 cm³/mol. The summed E-state index contributed by atoms with van der Waals surface area (Å²) in [5, 5.41) is 9.61. The first kappa shape index (κ1) is 11.8. The van der Waals surface area contributed by atoms with Crippen molar-refractivity contribution in [2.45, 2.75) is 32.9 Å². The van der Waals surface area contributed by atoms with Gasteiger partial charge < -0.3 is 14.4 Å². The summed E-state index contributed by atoms with van der Waals surface area (Å²) in [5.41, 5.74) is 1.87. The summed E-state index contributed by atoms with van der Waals surface area (Å²) in [6, 6.07) is 3.16. The van der Waals surface area contributed by atoms with Crippen molar-refractivity contribution in [3.8, 4) is 0 Å². The van der Waals surface area contributed by atoms with Crippen LogP contribution in [0, 0.1) is 13.8 Å². The molecule has 0 unspecified atom stereocenters. The number of methoxy groups -OCH3 is 1. The molecule has 0 aromatic carbocycles. The van der Waals surface area contributed by atoms with Gasteiger partial charge in [0, 0.05) is 11.4 Å². The van der Waals surface area contributed by atoms with E-state index in [4.69, 9.17) is 0 Å². The Bertz CT molecular complexity index is 335. The fraction of sp³-hybridized carbons (Fsp3) is 0.545. The number of aliphatic hydroxyl groups is 1. The van der Waals surface area contributed by atoms with Crippen LogP contribution in [0.5, 0.6) is 0 Å². The van der Waals surface area contributed by atoms with Gasteiger partial charge in [-0.1, -0.05) is 0 Å². The molecule has 0 fully saturated rings. The average Bonchev–Trinajstić information content (AvgIpc) is 2.49. The van der Waals surface area contributed by atoms with Crippen molar-refractivity contribution in [1.29, 1.82) is 0 Å². The minimum absolute atomic E-state index is 0.424. The Balaban J connectivity index is 3.15. The maximum Gasteiger partial charge on any atom is 0.331 e. The molecule has 4 nitrogen and oxygen atoms in total. The number of ether oxygens (including phenoxy) is 1. The Hall–Kier alpha value is -1.29. The Kier molecular flexibility index (Phi) is 3.52. The maximum atomic E-state index is 11.6. The van der Waals surface area contributed by atoms with Crippen LogP contribution < -0.4 is 0 Å². The van der Waals surface area contributed by atoms with E-state index in [2.05, 4.69) is 4.74 Å². The second-order valence-electron chi connectivity index (χ2n) is 3.69. The number of hydrogen-bond donors (Lipinski definition) is 1. The van der Waals surface area contributed by atoms with Crippen LogP contribution in [-0.4, -0.2) is 28.9 Å². The maximum absolute atomic E-state index is 11.6. The van der Waals surface area contributed by atoms with E-state index in [9.17, 15) is 9.90 Å². The number of esters is 1. The number of carbonyl (C=O) groups excluding carboxylic acids is 1. The van der Waals surface area contributed by atoms with Gasteiger partial charge in [-0.3, -0.25) is 0 Å². The first-order valence-corrected chi connectivity index (χ1v) is 4.89. The predicted octanol–water partition coefficient (Wildman–Crippen LogP) is 1.20. The lowest BCUT2D eigenvalue weighted by Gasteiger charge is -2.22. The van der Waals surface area contributed by atoms with Gasteiger partial charge in [-0.2, -0.15) is 0 Å². The summed E-state index contributed by atoms with van der Waals surface area (Å²) in [7, 11) is 1.33. The van der Waals surface area contributed by atoms with Gasteiger partial charge in [0.05, 0.1) is 13.2 Å². The highest BCUT2D eigenvalue weighted by Crippen LogP contribution is 2.20. The van der Waals surface area contributed by atoms with Gasteiger partial charge in [0.25, 0.3) is 0 Å². The Labute approximate surface area is 89.5 Å². The first-order valence-electron chi connectivity index (χ1n) is 4.89. The standard InChI is InChI=1S/C11H17NO3/c1-7-5-6-8(2)12(7)10(9(3)13)11(14)15-4/h5-6,9-10,13H,1-4H3/t9-,10-/m0/s1. The summed E-state index contributed by atoms with van der Waals surface area (Å²) in [6.45, 7) is 5.37. The topological polar surface area (TPSA) is 51.5 Å². The molecule has 0 spiro atoms. The highest BCUT2D eigenvalue weighted by Gasteiger charge is 2.28. The van der Waals surface area contributed by atoms with Crippen LogP contribution in [0.25, 0.3) is 0 Å². The van der Waals surface area contributed by atoms with Crippen LogP contribution in [0.3, 0.4) is 0 Å². The number of hydrogen-bond acceptors (Lipinski definition) is 3. The number of aryl methyl sites for hydroxylation is 2. The Morgan fingerprint density at radius 2 is 1.87 bits per heavy atom. The van der Waals surface area contributed by atoms with E-state index in [1.807, 2.05) is 26.0 Å². The molecule has 0 aliphatic carbocycles. The molecule has 0 radical (unpaired) electrons. The molecule has 2 atom stereocenters. The van der Waals surface area contributed by atoms with E-state index in [0.717, 1.165) is 11.4 Å². The van der Waals surface area contributed by atoms with Crippen molar-refractivity contribution < 1.29 is 14.6 Å². The van der Waals surface area contributed by atoms with Crippen LogP contribution in [0.15, 0.2) is 12.1 Å². The number of carbonyl (C=O) groups is 1. The Morgan fingerprint density at radius 1 is 1.40 bits per heavy atom. The number of aromatic nitrogens is 1. The van der Waals surface area contributed by atoms with Crippen LogP contribution in [-0.2, 0) is 9.53 Å². The van der Waals surface area contributed by atoms with Gasteiger partial charge >= 0.3 is 5.97 Å². The summed E-state index contributed by atoms with van der Waals surface area (Å²) in [5.74, 6) is -0.424. The number of nitrogens with zero attached hydrogens (tertiary/aromatic N) is 1. The third-order valence-corrected chi connectivity index (χ3v) is 2.50. The molecular weight excluding hydrogens is 194 g/mol. The highest BCUT2D eigenvalue weighted by atomic mass is 16.5. The molecule has 0 amide bonds. The minimum Gasteiger partial charge on any atom is -0.467 e. The second-order valence-corrected chi connectivity index (χ2v) is 3.69. The van der Waals surface area contributed by atoms with Crippen molar-refractivity contribution in [3.63, 3.8) is 0 Å². The lowest BCUT2D eigenvalue weighted by atomic mass is 10.1. The lowest BCUT2D eigenvalue weighted by Crippen LogP contribution is -2.31. The van der Waals surface area contributed by atoms with Gasteiger partial charge in [-0.05, 0) is 32.9 Å². The molecule has 0 saturated heterocycles. The number of rotatable bonds is 3. The van der Waals surface area contributed by atoms with Crippen LogP contribution in [0.1, 0.15) is 24.4 Å². The average molecular weight is 211 g/mol. The molecule has 0 bridgehead atoms. The zero-order chi connectivity index (χ0) is 11.6. The third-order valence-electron chi connectivity index (χ3n) is 2.50. The summed E-state index contributed by atoms with van der Waals surface area (Å²) in [6.07, 6.45) is -0.776. The highest BCUT2D eigenvalue weighted by molar-refractivity contribution is 5.75. The van der Waals surface area contributed by atoms with Gasteiger partial charge in [0.1, 0.15) is 0 Å². The molecular formula is C11H17NO3. The fourth-order valence-electron chi connectivity index (χ4n) is 1.76. The first-order chi connectivity index (χ1) is 6.99. The van der Waals surface area contributed by atoms with Gasteiger partial charge in [-0.15, -0.1) is 0 Å². The normalized spacial score (nSPS) is 14.7. The quantitative estimate of drug-likeness (QED) is 0.764. The van der Waals surface area contributed by atoms with Gasteiger partial charge in [0.15, 0.2) is 6.04 Å². The second kappa shape index (κ2) is 4.49. The van der Waals surface area contributed by atoms with E-state index in [-0.39, 0.29) is 0 Å². The van der Waals surface area contributed by atoms with Gasteiger partial charge in [0.2, 0.25) is 0 Å². The smallest absolute Gasteiger partial charge is 0.331 e. The Morgan fingerprint density at radius 3 is 2.20 bits per heavy atom. The van der Waals surface area contributed by atoms with E-state index >= 15 is 0 Å². The molecule has 4 heteroatoms. The number of aliphatic hydroxyl groups excluding tert-OH is 1. The summed E-state index contributed by atoms with van der Waals surface area (Å²) < 4.78 is 6.48. The van der Waals surface area contributed by atoms with Crippen molar-refractivity contribution in [3.05, 3.63) is 23.5 Å². The van der Waals surface area contributed by atoms with Crippen molar-refractivity contribution in [2.75, 3.05) is 7.11 Å². The van der Waals surface area contributed by atoms with E-state index in [1.165, 1.54) is 7.11 Å². The van der Waals surface area contributed by atoms with Crippen LogP contribution in [0.4, 0.5) is 0 Å². The molecule has 0 saturated carbocycles. The molecule has 1 rings (SSSR count). The molecule has 1 N–H and O–H groups in total. The van der Waals surface area contributed by atoms with E-state index < -0.39 is 18.1 Å². The lowest BCUT2D eigenvalue weighted by molar-refractivity contribution is -0.148. The zero-order valence-corrected chi connectivity index (χ0v) is 9.52. The molecule has 84 valence electrons. The van der Waals surface area contributed by atoms with Crippen LogP contribution in [0.2, 0.25) is 0 Å². The minimum atomic E-state index is -0.776. The van der Waals surface area contributed by atoms with Crippen LogP contribution >= 0.6 is 0 Å². The van der Waals surface area contributed by atoms with Gasteiger partial charge in [-0.25, -0.2) is 4.79 Å². The molecule has 1 aromatic heterocycles. The summed E-state index contributed by atoms with van der Waals surface area (Å²) >= 11 is 0. The third kappa shape index (κ3) is 2.21. The zero-order valence-electron chi connectivity index (χ0n) is 9.52. The molecule has 0 aliphatic rings. The van der Waals surface area contributed by atoms with Crippen molar-refractivity contribution >= 4 is 5.97 Å². The molecule has 15 heavy (non-hydrogen) atoms. The van der Waals surface area contributed by atoms with Crippen molar-refractivity contribution in [2.24, 2.45) is 0 Å². The fourth-order valence-corrected chi connectivity index (χ4v) is 1.76. The van der Waals surface area contributed by atoms with E-state index in [1.54, 1.807) is 11.5 Å². The SMILES string of the molecule is COC(=O)[C@H]([C@H](C)O)n1c(C)ccc1C.